The van der Waals surface area contributed by atoms with Crippen molar-refractivity contribution in [2.75, 3.05) is 7.05 Å². The Hall–Kier alpha value is -1.37. The SMILES string of the molecule is Cc1nn(C)c(C)c1CN(C)S(=O)(=O)c1cccc(Cl)c1C. The molecule has 0 amide bonds. The van der Waals surface area contributed by atoms with Crippen LogP contribution in [-0.2, 0) is 23.6 Å². The first-order valence-electron chi connectivity index (χ1n) is 6.86. The molecule has 0 saturated heterocycles. The second-order valence-electron chi connectivity index (χ2n) is 5.40. The van der Waals surface area contributed by atoms with Gasteiger partial charge in [0.1, 0.15) is 0 Å². The molecule has 0 spiro atoms. The van der Waals surface area contributed by atoms with E-state index in [1.165, 1.54) is 4.31 Å². The van der Waals surface area contributed by atoms with E-state index < -0.39 is 10.0 Å². The van der Waals surface area contributed by atoms with Crippen molar-refractivity contribution in [2.24, 2.45) is 7.05 Å². The minimum absolute atomic E-state index is 0.238. The maximum atomic E-state index is 12.8. The zero-order valence-corrected chi connectivity index (χ0v) is 15.0. The molecule has 5 nitrogen and oxygen atoms in total. The Morgan fingerprint density at radius 3 is 2.45 bits per heavy atom. The summed E-state index contributed by atoms with van der Waals surface area (Å²) in [4.78, 5) is 0.238. The molecule has 0 saturated carbocycles. The molecule has 2 aromatic rings. The summed E-state index contributed by atoms with van der Waals surface area (Å²) in [6, 6.07) is 4.91. The van der Waals surface area contributed by atoms with Gasteiger partial charge in [-0.25, -0.2) is 8.42 Å². The summed E-state index contributed by atoms with van der Waals surface area (Å²) in [5.74, 6) is 0. The van der Waals surface area contributed by atoms with Gasteiger partial charge in [0.15, 0.2) is 0 Å². The highest BCUT2D eigenvalue weighted by atomic mass is 35.5. The molecule has 0 aliphatic carbocycles. The molecule has 1 heterocycles. The van der Waals surface area contributed by atoms with E-state index in [-0.39, 0.29) is 11.4 Å². The van der Waals surface area contributed by atoms with Crippen LogP contribution in [0, 0.1) is 20.8 Å². The summed E-state index contributed by atoms with van der Waals surface area (Å²) in [5, 5.41) is 4.77. The summed E-state index contributed by atoms with van der Waals surface area (Å²) in [5.41, 5.74) is 3.29. The van der Waals surface area contributed by atoms with Crippen molar-refractivity contribution in [3.8, 4) is 0 Å². The number of benzene rings is 1. The molecule has 1 aromatic heterocycles. The van der Waals surface area contributed by atoms with Gasteiger partial charge >= 0.3 is 0 Å². The number of hydrogen-bond donors (Lipinski definition) is 0. The molecule has 0 bridgehead atoms. The fourth-order valence-electron chi connectivity index (χ4n) is 2.39. The first kappa shape index (κ1) is 17.0. The van der Waals surface area contributed by atoms with Gasteiger partial charge in [0.25, 0.3) is 0 Å². The van der Waals surface area contributed by atoms with Crippen LogP contribution in [0.1, 0.15) is 22.5 Å². The molecule has 0 N–H and O–H groups in total. The molecule has 0 unspecified atom stereocenters. The molecule has 7 heteroatoms. The minimum Gasteiger partial charge on any atom is -0.272 e. The number of sulfonamides is 1. The number of halogens is 1. The van der Waals surface area contributed by atoms with Crippen molar-refractivity contribution >= 4 is 21.6 Å². The van der Waals surface area contributed by atoms with E-state index in [1.54, 1.807) is 36.9 Å². The van der Waals surface area contributed by atoms with Crippen LogP contribution >= 0.6 is 11.6 Å². The van der Waals surface area contributed by atoms with Gasteiger partial charge in [-0.3, -0.25) is 4.68 Å². The Kier molecular flexibility index (Phi) is 4.65. The maximum Gasteiger partial charge on any atom is 0.243 e. The number of aryl methyl sites for hydroxylation is 2. The van der Waals surface area contributed by atoms with Gasteiger partial charge in [-0.2, -0.15) is 9.40 Å². The maximum absolute atomic E-state index is 12.8. The van der Waals surface area contributed by atoms with E-state index in [4.69, 9.17) is 11.6 Å². The van der Waals surface area contributed by atoms with E-state index >= 15 is 0 Å². The number of aromatic nitrogens is 2. The molecule has 22 heavy (non-hydrogen) atoms. The second kappa shape index (κ2) is 6.02. The molecular formula is C15H20ClN3O2S. The lowest BCUT2D eigenvalue weighted by Gasteiger charge is -2.19. The Balaban J connectivity index is 2.39. The van der Waals surface area contributed by atoms with Gasteiger partial charge in [0.05, 0.1) is 10.6 Å². The van der Waals surface area contributed by atoms with E-state index in [1.807, 2.05) is 20.9 Å². The summed E-state index contributed by atoms with van der Waals surface area (Å²) < 4.78 is 28.7. The average molecular weight is 342 g/mol. The van der Waals surface area contributed by atoms with Crippen molar-refractivity contribution in [3.05, 3.63) is 45.7 Å². The van der Waals surface area contributed by atoms with Crippen molar-refractivity contribution in [1.82, 2.24) is 14.1 Å². The van der Waals surface area contributed by atoms with Gasteiger partial charge < -0.3 is 0 Å². The van der Waals surface area contributed by atoms with Gasteiger partial charge in [-0.1, -0.05) is 17.7 Å². The third-order valence-corrected chi connectivity index (χ3v) is 6.30. The first-order valence-corrected chi connectivity index (χ1v) is 8.68. The van der Waals surface area contributed by atoms with Crippen LogP contribution in [0.15, 0.2) is 23.1 Å². The van der Waals surface area contributed by atoms with Crippen molar-refractivity contribution in [3.63, 3.8) is 0 Å². The predicted octanol–water partition coefficient (Wildman–Crippen LogP) is 2.82. The molecule has 0 aliphatic heterocycles. The summed E-state index contributed by atoms with van der Waals surface area (Å²) in [6.07, 6.45) is 0. The van der Waals surface area contributed by atoms with Crippen molar-refractivity contribution in [1.29, 1.82) is 0 Å². The topological polar surface area (TPSA) is 55.2 Å². The minimum atomic E-state index is -3.60. The number of rotatable bonds is 4. The molecule has 120 valence electrons. The molecular weight excluding hydrogens is 322 g/mol. The Bertz CT molecular complexity index is 812. The van der Waals surface area contributed by atoms with Gasteiger partial charge in [0, 0.05) is 36.9 Å². The smallest absolute Gasteiger partial charge is 0.243 e. The molecule has 0 aliphatic rings. The van der Waals surface area contributed by atoms with Crippen LogP contribution in [0.4, 0.5) is 0 Å². The van der Waals surface area contributed by atoms with Crippen LogP contribution in [0.3, 0.4) is 0 Å². The molecule has 0 atom stereocenters. The van der Waals surface area contributed by atoms with E-state index in [9.17, 15) is 8.42 Å². The highest BCUT2D eigenvalue weighted by Gasteiger charge is 2.25. The average Bonchev–Trinajstić information content (AvgIpc) is 2.68. The Labute approximate surface area is 136 Å². The predicted molar refractivity (Wildman–Crippen MR) is 87.5 cm³/mol. The third-order valence-electron chi connectivity index (χ3n) is 3.95. The quantitative estimate of drug-likeness (QED) is 0.859. The third kappa shape index (κ3) is 2.91. The van der Waals surface area contributed by atoms with Crippen LogP contribution in [0.5, 0.6) is 0 Å². The number of nitrogens with zero attached hydrogens (tertiary/aromatic N) is 3. The monoisotopic (exact) mass is 341 g/mol. The van der Waals surface area contributed by atoms with Gasteiger partial charge in [-0.15, -0.1) is 0 Å². The first-order chi connectivity index (χ1) is 10.2. The van der Waals surface area contributed by atoms with Crippen LogP contribution in [0.25, 0.3) is 0 Å². The van der Waals surface area contributed by atoms with E-state index in [0.717, 1.165) is 17.0 Å². The molecule has 0 radical (unpaired) electrons. The lowest BCUT2D eigenvalue weighted by Crippen LogP contribution is -2.27. The summed E-state index contributed by atoms with van der Waals surface area (Å²) >= 11 is 6.04. The second-order valence-corrected chi connectivity index (χ2v) is 7.82. The van der Waals surface area contributed by atoms with E-state index in [2.05, 4.69) is 5.10 Å². The Morgan fingerprint density at radius 1 is 1.27 bits per heavy atom. The van der Waals surface area contributed by atoms with Crippen LogP contribution in [-0.4, -0.2) is 29.6 Å². The fourth-order valence-corrected chi connectivity index (χ4v) is 4.00. The Morgan fingerprint density at radius 2 is 1.91 bits per heavy atom. The van der Waals surface area contributed by atoms with E-state index in [0.29, 0.717) is 10.6 Å². The van der Waals surface area contributed by atoms with Crippen molar-refractivity contribution < 1.29 is 8.42 Å². The largest absolute Gasteiger partial charge is 0.272 e. The lowest BCUT2D eigenvalue weighted by atomic mass is 10.2. The zero-order valence-electron chi connectivity index (χ0n) is 13.4. The number of hydrogen-bond acceptors (Lipinski definition) is 3. The standard InChI is InChI=1S/C15H20ClN3O2S/c1-10-14(16)7-6-8-15(10)22(20,21)18(4)9-13-11(2)17-19(5)12(13)3/h6-8H,9H2,1-5H3. The summed E-state index contributed by atoms with van der Waals surface area (Å²) in [7, 11) is -0.183. The van der Waals surface area contributed by atoms with Gasteiger partial charge in [-0.05, 0) is 38.5 Å². The highest BCUT2D eigenvalue weighted by Crippen LogP contribution is 2.26. The van der Waals surface area contributed by atoms with Gasteiger partial charge in [0.2, 0.25) is 10.0 Å². The molecule has 0 fully saturated rings. The van der Waals surface area contributed by atoms with Crippen LogP contribution in [0.2, 0.25) is 5.02 Å². The zero-order chi connectivity index (χ0) is 16.7. The fraction of sp³-hybridized carbons (Fsp3) is 0.400. The lowest BCUT2D eigenvalue weighted by molar-refractivity contribution is 0.464. The highest BCUT2D eigenvalue weighted by molar-refractivity contribution is 7.89. The molecule has 2 rings (SSSR count). The summed E-state index contributed by atoms with van der Waals surface area (Å²) in [6.45, 7) is 5.80. The normalized spacial score (nSPS) is 12.1. The van der Waals surface area contributed by atoms with Crippen molar-refractivity contribution in [2.45, 2.75) is 32.2 Å². The van der Waals surface area contributed by atoms with Crippen LogP contribution < -0.4 is 0 Å². The molecule has 1 aromatic carbocycles.